The van der Waals surface area contributed by atoms with Crippen LogP contribution in [-0.2, 0) is 89.6 Å². The monoisotopic (exact) mass is 1780 g/mol. The van der Waals surface area contributed by atoms with Crippen molar-refractivity contribution >= 4 is 59.5 Å². The molecule has 0 aliphatic carbocycles. The third-order valence-corrected chi connectivity index (χ3v) is 19.8. The van der Waals surface area contributed by atoms with Crippen molar-refractivity contribution in [3.63, 3.8) is 0 Å². The van der Waals surface area contributed by atoms with Gasteiger partial charge in [0.25, 0.3) is 20.3 Å². The molecule has 0 saturated heterocycles. The lowest BCUT2D eigenvalue weighted by Gasteiger charge is -2.38. The standard InChI is InChI=1S/C45H59N5O16.C39H63N5O16/c1-7-8-19-46-42(52)36(30(2)3)22-40(66-44(54)65-34-16-12-14-32(21-34)27-62-50(57)58)37(47-43(53)64-33-15-11-13-31(20-33)26-61-49(55)56)23-45(4,5)24-41(51)48-25-35(28-60-29-59-6)63-39-18-10-9-17-38(39)48;1-7-8-17-40-36(46)30(28(2)3)22-34(60-38(48)56-19-12-14-21-58-44(51)52)31(41-37(47)55-18-11-13-20-57-43(49)50)23-39(4,5)24-35(45)42-25-29(26-54-27-53-6)59-33-16-10-9-15-32(33)42/h9-18,20-21,30,35-37,40H,7-8,19,22-29H2,1-6H3,(H,46,52)(H,47,53);9-10,15-16,28-31,34H,7-8,11-14,17-27H2,1-6H3,(H,40,46)(H,41,47)/t35-,36+,37?,40+;29-,30+,31?,34+/m11/s1. The zero-order valence-electron chi connectivity index (χ0n) is 73.6. The van der Waals surface area contributed by atoms with E-state index < -0.39 is 117 Å². The first-order chi connectivity index (χ1) is 60.0. The maximum Gasteiger partial charge on any atom is 0.514 e. The van der Waals surface area contributed by atoms with Crippen LogP contribution in [0.4, 0.5) is 30.6 Å². The van der Waals surface area contributed by atoms with Crippen molar-refractivity contribution in [3.8, 4) is 23.0 Å². The minimum atomic E-state index is -1.30. The van der Waals surface area contributed by atoms with E-state index in [1.165, 1.54) is 62.8 Å². The Morgan fingerprint density at radius 3 is 1.30 bits per heavy atom. The number of benzene rings is 4. The third kappa shape index (κ3) is 39.9. The van der Waals surface area contributed by atoms with Crippen molar-refractivity contribution < 1.29 is 135 Å². The van der Waals surface area contributed by atoms with Crippen LogP contribution >= 0.6 is 0 Å². The van der Waals surface area contributed by atoms with Gasteiger partial charge in [0.2, 0.25) is 23.6 Å². The molecular weight excluding hydrogens is 1660 g/mol. The van der Waals surface area contributed by atoms with Crippen LogP contribution < -0.4 is 50.0 Å². The van der Waals surface area contributed by atoms with Crippen molar-refractivity contribution in [3.05, 3.63) is 149 Å². The van der Waals surface area contributed by atoms with Crippen molar-refractivity contribution in [1.29, 1.82) is 0 Å². The van der Waals surface area contributed by atoms with Gasteiger partial charge in [-0.15, -0.1) is 40.5 Å². The zero-order valence-corrected chi connectivity index (χ0v) is 73.6. The Morgan fingerprint density at radius 1 is 0.492 bits per heavy atom. The average Bonchev–Trinajstić information content (AvgIpc) is 0.673. The molecule has 2 heterocycles. The van der Waals surface area contributed by atoms with Gasteiger partial charge in [-0.05, 0) is 147 Å². The lowest BCUT2D eigenvalue weighted by molar-refractivity contribution is -0.763. The normalized spacial score (nSPS) is 14.8. The van der Waals surface area contributed by atoms with E-state index in [0.717, 1.165) is 25.7 Å². The minimum absolute atomic E-state index is 0.00771. The molecule has 0 spiro atoms. The SMILES string of the molecule is CCCCNC(=O)[C@@H](C[C@H](OC(=O)OCCCCO[N+](=O)[O-])C(CC(C)(C)CC(=O)N1C[C@H](COCOC)Oc2ccccc21)NC(=O)OCCCCO[N+](=O)[O-])C(C)C.CCCCNC(=O)[C@@H](C[C@H](OC(=O)Oc1cccc(CO[N+](=O)[O-])c1)C(CC(C)(C)CC(=O)N1C[C@H](COCOC)Oc2ccccc21)NC(=O)Oc1cccc(CO[N+](=O)[O-])c1)C(C)C. The van der Waals surface area contributed by atoms with Gasteiger partial charge in [0.15, 0.2) is 0 Å². The number of fused-ring (bicyclic) bond motifs is 2. The topological polar surface area (TPSA) is 511 Å². The van der Waals surface area contributed by atoms with Gasteiger partial charge >= 0.3 is 24.5 Å². The quantitative estimate of drug-likeness (QED) is 0.00606. The zero-order chi connectivity index (χ0) is 92.7. The molecule has 0 aromatic heterocycles. The van der Waals surface area contributed by atoms with Crippen LogP contribution in [0, 0.1) is 75.0 Å². The highest BCUT2D eigenvalue weighted by Gasteiger charge is 2.43. The summed E-state index contributed by atoms with van der Waals surface area (Å²) in [7, 11) is 2.99. The number of methoxy groups -OCH3 is 2. The summed E-state index contributed by atoms with van der Waals surface area (Å²) in [4.78, 5) is 174. The number of nitrogens with one attached hydrogen (secondary N) is 4. The smallest absolute Gasteiger partial charge is 0.484 e. The fourth-order valence-electron chi connectivity index (χ4n) is 13.7. The summed E-state index contributed by atoms with van der Waals surface area (Å²) >= 11 is 0. The summed E-state index contributed by atoms with van der Waals surface area (Å²) in [5.41, 5.74) is -0.0712. The van der Waals surface area contributed by atoms with E-state index >= 15 is 0 Å². The molecule has 4 aromatic rings. The van der Waals surface area contributed by atoms with Crippen LogP contribution in [0.1, 0.15) is 170 Å². The molecule has 2 aliphatic heterocycles. The van der Waals surface area contributed by atoms with Crippen molar-refractivity contribution in [2.75, 3.05) is 103 Å². The van der Waals surface area contributed by atoms with Crippen molar-refractivity contribution in [2.45, 2.75) is 209 Å². The Labute approximate surface area is 731 Å². The summed E-state index contributed by atoms with van der Waals surface area (Å²) in [5.74, 6) is -2.12. The molecule has 0 saturated carbocycles. The molecule has 2 aliphatic rings. The number of rotatable bonds is 56. The molecule has 4 N–H and O–H groups in total. The maximum atomic E-state index is 14.4. The number of amides is 6. The number of ether oxygens (including phenoxy) is 12. The van der Waals surface area contributed by atoms with Crippen LogP contribution in [-0.4, -0.2) is 199 Å². The van der Waals surface area contributed by atoms with E-state index in [4.69, 9.17) is 56.8 Å². The second-order valence-corrected chi connectivity index (χ2v) is 32.1. The van der Waals surface area contributed by atoms with E-state index in [2.05, 4.69) is 40.6 Å². The van der Waals surface area contributed by atoms with Gasteiger partial charge in [0, 0.05) is 52.0 Å². The van der Waals surface area contributed by atoms with E-state index in [-0.39, 0.29) is 177 Å². The fourth-order valence-corrected chi connectivity index (χ4v) is 13.7. The number of hydrogen-bond donors (Lipinski definition) is 4. The summed E-state index contributed by atoms with van der Waals surface area (Å²) < 4.78 is 67.2. The van der Waals surface area contributed by atoms with Gasteiger partial charge in [-0.1, -0.05) is 131 Å². The Morgan fingerprint density at radius 2 is 0.889 bits per heavy atom. The molecule has 42 nitrogen and oxygen atoms in total. The molecule has 2 unspecified atom stereocenters. The highest BCUT2D eigenvalue weighted by molar-refractivity contribution is 5.96. The highest BCUT2D eigenvalue weighted by atomic mass is 17.0. The molecule has 6 rings (SSSR count). The molecule has 126 heavy (non-hydrogen) atoms. The molecule has 0 fully saturated rings. The molecule has 4 aromatic carbocycles. The molecule has 700 valence electrons. The summed E-state index contributed by atoms with van der Waals surface area (Å²) in [6.45, 7) is 18.7. The first-order valence-corrected chi connectivity index (χ1v) is 41.7. The van der Waals surface area contributed by atoms with Gasteiger partial charge in [-0.3, -0.25) is 19.2 Å². The fraction of sp³-hybridized carbons (Fsp3) is 0.619. The summed E-state index contributed by atoms with van der Waals surface area (Å²) in [6.07, 6.45) is -3.88. The Balaban J connectivity index is 0.000000449. The lowest BCUT2D eigenvalue weighted by atomic mass is 9.78. The van der Waals surface area contributed by atoms with Gasteiger partial charge in [0.05, 0.1) is 76.2 Å². The number of para-hydroxylation sites is 4. The van der Waals surface area contributed by atoms with Crippen molar-refractivity contribution in [1.82, 2.24) is 21.3 Å². The number of carbonyl (C=O) groups excluding carboxylic acids is 8. The first-order valence-electron chi connectivity index (χ1n) is 41.7. The lowest BCUT2D eigenvalue weighted by Crippen LogP contribution is -2.51. The van der Waals surface area contributed by atoms with E-state index in [1.54, 1.807) is 72.2 Å². The highest BCUT2D eigenvalue weighted by Crippen LogP contribution is 2.40. The van der Waals surface area contributed by atoms with Gasteiger partial charge in [-0.2, -0.15) is 0 Å². The second-order valence-electron chi connectivity index (χ2n) is 32.1. The molecule has 42 heteroatoms. The molecule has 0 bridgehead atoms. The van der Waals surface area contributed by atoms with Crippen LogP contribution in [0.3, 0.4) is 0 Å². The number of unbranched alkanes of at least 4 members (excludes halogenated alkanes) is 4. The number of alkyl carbamates (subject to hydrolysis) is 1. The first kappa shape index (κ1) is 105. The van der Waals surface area contributed by atoms with Gasteiger partial charge in [0.1, 0.15) is 74.2 Å². The van der Waals surface area contributed by atoms with E-state index in [9.17, 15) is 78.8 Å². The van der Waals surface area contributed by atoms with Gasteiger partial charge < -0.3 is 107 Å². The van der Waals surface area contributed by atoms with Crippen molar-refractivity contribution in [2.24, 2.45) is 34.5 Å². The predicted molar refractivity (Wildman–Crippen MR) is 449 cm³/mol. The number of nitrogens with zero attached hydrogens (tertiary/aromatic N) is 6. The number of hydrogen-bond acceptors (Lipinski definition) is 32. The Hall–Kier alpha value is -11.9. The predicted octanol–water partition coefficient (Wildman–Crippen LogP) is 12.3. The maximum absolute atomic E-state index is 14.4. The largest absolute Gasteiger partial charge is 0.514 e. The van der Waals surface area contributed by atoms with E-state index in [1.807, 2.05) is 55.4 Å². The summed E-state index contributed by atoms with van der Waals surface area (Å²) in [5, 5.41) is 50.4. The molecule has 8 atom stereocenters. The van der Waals surface area contributed by atoms with Crippen LogP contribution in [0.15, 0.2) is 97.1 Å². The third-order valence-electron chi connectivity index (χ3n) is 19.8. The van der Waals surface area contributed by atoms with Crippen LogP contribution in [0.25, 0.3) is 0 Å². The molecule has 6 amide bonds. The number of carbonyl (C=O) groups is 8. The molecular formula is C84H122N10O32. The second kappa shape index (κ2) is 55.4. The van der Waals surface area contributed by atoms with Crippen LogP contribution in [0.2, 0.25) is 0 Å². The van der Waals surface area contributed by atoms with Crippen LogP contribution in [0.5, 0.6) is 23.0 Å². The Bertz CT molecular complexity index is 4100. The van der Waals surface area contributed by atoms with E-state index in [0.29, 0.717) is 47.1 Å². The molecule has 0 radical (unpaired) electrons. The summed E-state index contributed by atoms with van der Waals surface area (Å²) in [6, 6.07) is 23.7. The van der Waals surface area contributed by atoms with Gasteiger partial charge in [-0.25, -0.2) is 19.2 Å². The number of anilines is 2. The average molecular weight is 1780 g/mol. The Kier molecular flexibility index (Phi) is 46.0. The minimum Gasteiger partial charge on any atom is -0.484 e.